The van der Waals surface area contributed by atoms with E-state index in [1.54, 1.807) is 0 Å². The third kappa shape index (κ3) is 11.1. The van der Waals surface area contributed by atoms with Crippen LogP contribution >= 0.6 is 31.9 Å². The van der Waals surface area contributed by atoms with E-state index in [4.69, 9.17) is 10.8 Å². The average Bonchev–Trinajstić information content (AvgIpc) is 2.73. The topological polar surface area (TPSA) is 18.5 Å². The Morgan fingerprint density at radius 2 is 1.14 bits per heavy atom. The SMILES string of the molecule is [2H]c1c(CBr)c(OCCCCCCCC)cc(CBr)c1OCCCCCCCC. The largest absolute Gasteiger partial charge is 0.493 e. The van der Waals surface area contributed by atoms with Gasteiger partial charge in [-0.2, -0.15) is 0 Å². The Morgan fingerprint density at radius 3 is 1.64 bits per heavy atom. The average molecular weight is 521 g/mol. The highest BCUT2D eigenvalue weighted by Gasteiger charge is 2.11. The molecule has 1 rings (SSSR count). The molecule has 0 atom stereocenters. The fraction of sp³-hybridized carbons (Fsp3) is 0.750. The van der Waals surface area contributed by atoms with Crippen molar-refractivity contribution in [1.29, 1.82) is 0 Å². The summed E-state index contributed by atoms with van der Waals surface area (Å²) in [6, 6.07) is 2.51. The number of hydrogen-bond donors (Lipinski definition) is 0. The summed E-state index contributed by atoms with van der Waals surface area (Å²) in [6.45, 7) is 5.87. The van der Waals surface area contributed by atoms with E-state index in [0.29, 0.717) is 35.7 Å². The Hall–Kier alpha value is -0.220. The first-order valence-corrected chi connectivity index (χ1v) is 13.5. The quantitative estimate of drug-likeness (QED) is 0.142. The summed E-state index contributed by atoms with van der Waals surface area (Å²) in [5.74, 6) is 1.53. The van der Waals surface area contributed by atoms with Gasteiger partial charge in [-0.3, -0.25) is 0 Å². The van der Waals surface area contributed by atoms with E-state index in [2.05, 4.69) is 51.8 Å². The second kappa shape index (κ2) is 17.6. The minimum absolute atomic E-state index is 0.461. The standard InChI is InChI=1S/C24H40Br2O2/c1-3-5-7-9-11-13-15-27-23-17-22(20-26)24(18-21(23)19-25)28-16-14-12-10-8-6-4-2/h17-18H,3-16,19-20H2,1-2H3/i17D. The van der Waals surface area contributed by atoms with Crippen molar-refractivity contribution in [2.24, 2.45) is 0 Å². The molecule has 162 valence electrons. The van der Waals surface area contributed by atoms with Crippen LogP contribution in [-0.4, -0.2) is 13.2 Å². The summed E-state index contributed by atoms with van der Waals surface area (Å²) in [5, 5.41) is 1.27. The van der Waals surface area contributed by atoms with Crippen molar-refractivity contribution in [2.45, 2.75) is 102 Å². The van der Waals surface area contributed by atoms with E-state index in [9.17, 15) is 0 Å². The molecule has 0 aliphatic carbocycles. The molecule has 0 aliphatic rings. The number of alkyl halides is 2. The molecule has 0 bridgehead atoms. The fourth-order valence-corrected chi connectivity index (χ4v) is 4.00. The second-order valence-corrected chi connectivity index (χ2v) is 8.59. The van der Waals surface area contributed by atoms with E-state index in [-0.39, 0.29) is 0 Å². The van der Waals surface area contributed by atoms with Gasteiger partial charge in [0.15, 0.2) is 0 Å². The van der Waals surface area contributed by atoms with Crippen molar-refractivity contribution < 1.29 is 10.8 Å². The summed E-state index contributed by atoms with van der Waals surface area (Å²) in [4.78, 5) is 0. The van der Waals surface area contributed by atoms with Crippen LogP contribution in [0.25, 0.3) is 0 Å². The Kier molecular flexibility index (Phi) is 15.1. The third-order valence-corrected chi connectivity index (χ3v) is 6.10. The van der Waals surface area contributed by atoms with Gasteiger partial charge in [0.25, 0.3) is 0 Å². The van der Waals surface area contributed by atoms with Crippen LogP contribution in [0.2, 0.25) is 0 Å². The van der Waals surface area contributed by atoms with Gasteiger partial charge < -0.3 is 9.47 Å². The van der Waals surface area contributed by atoms with Crippen LogP contribution in [0.5, 0.6) is 11.5 Å². The minimum Gasteiger partial charge on any atom is -0.493 e. The maximum Gasteiger partial charge on any atom is 0.123 e. The molecule has 0 unspecified atom stereocenters. The molecule has 0 aromatic heterocycles. The third-order valence-electron chi connectivity index (χ3n) is 4.94. The minimum atomic E-state index is 0.461. The molecular formula is C24H40Br2O2. The fourth-order valence-electron chi connectivity index (χ4n) is 3.17. The molecule has 0 fully saturated rings. The molecule has 1 aromatic carbocycles. The van der Waals surface area contributed by atoms with Gasteiger partial charge in [0.05, 0.1) is 14.6 Å². The number of rotatable bonds is 18. The number of ether oxygens (including phenoxy) is 2. The monoisotopic (exact) mass is 519 g/mol. The van der Waals surface area contributed by atoms with Crippen LogP contribution in [0, 0.1) is 0 Å². The summed E-state index contributed by atoms with van der Waals surface area (Å²) in [7, 11) is 0. The summed E-state index contributed by atoms with van der Waals surface area (Å²) in [6.07, 6.45) is 14.9. The smallest absolute Gasteiger partial charge is 0.123 e. The zero-order valence-electron chi connectivity index (χ0n) is 19.0. The molecule has 1 aromatic rings. The molecular weight excluding hydrogens is 480 g/mol. The van der Waals surface area contributed by atoms with Gasteiger partial charge in [-0.25, -0.2) is 0 Å². The van der Waals surface area contributed by atoms with Crippen LogP contribution in [0.3, 0.4) is 0 Å². The molecule has 0 radical (unpaired) electrons. The lowest BCUT2D eigenvalue weighted by atomic mass is 10.1. The molecule has 2 nitrogen and oxygen atoms in total. The van der Waals surface area contributed by atoms with Crippen molar-refractivity contribution in [3.8, 4) is 11.5 Å². The molecule has 0 aliphatic heterocycles. The van der Waals surface area contributed by atoms with Crippen LogP contribution in [-0.2, 0) is 10.7 Å². The van der Waals surface area contributed by atoms with Crippen molar-refractivity contribution >= 4 is 31.9 Å². The van der Waals surface area contributed by atoms with E-state index < -0.39 is 0 Å². The predicted molar refractivity (Wildman–Crippen MR) is 129 cm³/mol. The summed E-state index contributed by atoms with van der Waals surface area (Å²) < 4.78 is 20.8. The van der Waals surface area contributed by atoms with E-state index >= 15 is 0 Å². The van der Waals surface area contributed by atoms with Gasteiger partial charge in [0.1, 0.15) is 11.5 Å². The zero-order valence-corrected chi connectivity index (χ0v) is 21.1. The van der Waals surface area contributed by atoms with Crippen LogP contribution in [0.1, 0.15) is 103 Å². The van der Waals surface area contributed by atoms with Gasteiger partial charge in [-0.1, -0.05) is 110 Å². The molecule has 0 saturated heterocycles. The van der Waals surface area contributed by atoms with Crippen molar-refractivity contribution in [3.05, 3.63) is 23.2 Å². The van der Waals surface area contributed by atoms with Crippen LogP contribution in [0.15, 0.2) is 12.1 Å². The number of unbranched alkanes of at least 4 members (excludes halogenated alkanes) is 10. The van der Waals surface area contributed by atoms with Gasteiger partial charge in [0.2, 0.25) is 0 Å². The van der Waals surface area contributed by atoms with Gasteiger partial charge in [0, 0.05) is 21.8 Å². The molecule has 0 heterocycles. The summed E-state index contributed by atoms with van der Waals surface area (Å²) >= 11 is 7.10. The Bertz CT molecular complexity index is 552. The van der Waals surface area contributed by atoms with Gasteiger partial charge in [-0.05, 0) is 25.0 Å². The van der Waals surface area contributed by atoms with E-state index in [0.717, 1.165) is 29.7 Å². The molecule has 4 heteroatoms. The molecule has 0 amide bonds. The Balaban J connectivity index is 2.59. The Labute approximate surface area is 191 Å². The van der Waals surface area contributed by atoms with E-state index in [1.165, 1.54) is 64.2 Å². The number of hydrogen-bond acceptors (Lipinski definition) is 2. The normalized spacial score (nSPS) is 11.5. The van der Waals surface area contributed by atoms with Crippen molar-refractivity contribution in [3.63, 3.8) is 0 Å². The first kappa shape index (κ1) is 24.1. The lowest BCUT2D eigenvalue weighted by Crippen LogP contribution is -2.04. The molecule has 28 heavy (non-hydrogen) atoms. The second-order valence-electron chi connectivity index (χ2n) is 7.47. The maximum absolute atomic E-state index is 8.64. The summed E-state index contributed by atoms with van der Waals surface area (Å²) in [5.41, 5.74) is 1.89. The lowest BCUT2D eigenvalue weighted by Gasteiger charge is -2.16. The molecule has 0 saturated carbocycles. The zero-order chi connectivity index (χ0) is 21.3. The highest BCUT2D eigenvalue weighted by molar-refractivity contribution is 9.08. The van der Waals surface area contributed by atoms with Crippen LogP contribution < -0.4 is 9.47 Å². The first-order valence-electron chi connectivity index (χ1n) is 11.7. The van der Waals surface area contributed by atoms with Crippen LogP contribution in [0.4, 0.5) is 0 Å². The number of benzene rings is 1. The Morgan fingerprint density at radius 1 is 0.679 bits per heavy atom. The van der Waals surface area contributed by atoms with Crippen molar-refractivity contribution in [1.82, 2.24) is 0 Å². The van der Waals surface area contributed by atoms with Crippen molar-refractivity contribution in [2.75, 3.05) is 13.2 Å². The van der Waals surface area contributed by atoms with Gasteiger partial charge >= 0.3 is 0 Å². The number of halogens is 2. The molecule has 0 N–H and O–H groups in total. The first-order chi connectivity index (χ1) is 14.2. The highest BCUT2D eigenvalue weighted by atomic mass is 79.9. The molecule has 0 spiro atoms. The van der Waals surface area contributed by atoms with Gasteiger partial charge in [-0.15, -0.1) is 0 Å². The predicted octanol–water partition coefficient (Wildman–Crippen LogP) is 8.96. The maximum atomic E-state index is 8.64. The highest BCUT2D eigenvalue weighted by Crippen LogP contribution is 2.32. The lowest BCUT2D eigenvalue weighted by molar-refractivity contribution is 0.293. The van der Waals surface area contributed by atoms with E-state index in [1.807, 2.05) is 0 Å².